The van der Waals surface area contributed by atoms with Crippen molar-refractivity contribution in [2.24, 2.45) is 0 Å². The topological polar surface area (TPSA) is 61.8 Å². The molecule has 2 aliphatic rings. The van der Waals surface area contributed by atoms with E-state index in [2.05, 4.69) is 5.32 Å². The first kappa shape index (κ1) is 14.6. The van der Waals surface area contributed by atoms with Crippen LogP contribution in [0.5, 0.6) is 0 Å². The Morgan fingerprint density at radius 1 is 1.58 bits per heavy atom. The maximum absolute atomic E-state index is 13.7. The van der Waals surface area contributed by atoms with Crippen LogP contribution in [0.3, 0.4) is 0 Å². The Labute approximate surface area is 110 Å². The Balaban J connectivity index is 1.86. The summed E-state index contributed by atoms with van der Waals surface area (Å²) in [5.74, 6) is -3.77. The van der Waals surface area contributed by atoms with E-state index >= 15 is 0 Å². The fourth-order valence-corrected chi connectivity index (χ4v) is 2.73. The van der Waals surface area contributed by atoms with E-state index in [1.54, 1.807) is 4.90 Å². The standard InChI is InChI=1S/C12H20F2N2O3/c1-11(2,10(17)18)19-6-5-16-4-3-8-9(16)12(13,14)7-15-8/h8-9,15H,3-7H2,1-2H3,(H,17,18)/t8-,9+/m0/s1. The summed E-state index contributed by atoms with van der Waals surface area (Å²) >= 11 is 0. The van der Waals surface area contributed by atoms with Gasteiger partial charge in [-0.1, -0.05) is 0 Å². The van der Waals surface area contributed by atoms with Crippen molar-refractivity contribution in [3.05, 3.63) is 0 Å². The molecule has 0 aromatic heterocycles. The van der Waals surface area contributed by atoms with E-state index in [1.807, 2.05) is 0 Å². The summed E-state index contributed by atoms with van der Waals surface area (Å²) in [6.45, 7) is 3.69. The molecule has 2 fully saturated rings. The van der Waals surface area contributed by atoms with Crippen LogP contribution in [0.15, 0.2) is 0 Å². The van der Waals surface area contributed by atoms with E-state index in [0.717, 1.165) is 0 Å². The van der Waals surface area contributed by atoms with Crippen LogP contribution >= 0.6 is 0 Å². The maximum Gasteiger partial charge on any atom is 0.335 e. The number of hydrogen-bond donors (Lipinski definition) is 2. The molecule has 19 heavy (non-hydrogen) atoms. The third-order valence-electron chi connectivity index (χ3n) is 3.89. The Morgan fingerprint density at radius 2 is 2.26 bits per heavy atom. The smallest absolute Gasteiger partial charge is 0.335 e. The highest BCUT2D eigenvalue weighted by molar-refractivity contribution is 5.76. The predicted molar refractivity (Wildman–Crippen MR) is 64.4 cm³/mol. The fourth-order valence-electron chi connectivity index (χ4n) is 2.73. The van der Waals surface area contributed by atoms with Gasteiger partial charge in [-0.25, -0.2) is 13.6 Å². The average Bonchev–Trinajstić information content (AvgIpc) is 2.81. The van der Waals surface area contributed by atoms with Crippen molar-refractivity contribution in [2.45, 2.75) is 43.9 Å². The Hall–Kier alpha value is -0.790. The molecule has 2 atom stereocenters. The SMILES string of the molecule is CC(C)(OCCN1CC[C@@H]2NCC(F)(F)[C@@H]21)C(=O)O. The van der Waals surface area contributed by atoms with Gasteiger partial charge in [0.1, 0.15) is 0 Å². The average molecular weight is 278 g/mol. The Kier molecular flexibility index (Phi) is 3.81. The molecule has 0 bridgehead atoms. The van der Waals surface area contributed by atoms with Crippen LogP contribution in [-0.2, 0) is 9.53 Å². The highest BCUT2D eigenvalue weighted by Crippen LogP contribution is 2.35. The number of fused-ring (bicyclic) bond motifs is 1. The number of carboxylic acid groups (broad SMARTS) is 1. The van der Waals surface area contributed by atoms with Crippen molar-refractivity contribution in [2.75, 3.05) is 26.2 Å². The molecule has 0 aliphatic carbocycles. The van der Waals surface area contributed by atoms with E-state index in [1.165, 1.54) is 13.8 Å². The van der Waals surface area contributed by atoms with Crippen LogP contribution in [0.1, 0.15) is 20.3 Å². The first-order valence-corrected chi connectivity index (χ1v) is 6.47. The highest BCUT2D eigenvalue weighted by Gasteiger charge is 2.55. The molecule has 0 spiro atoms. The van der Waals surface area contributed by atoms with Crippen molar-refractivity contribution >= 4 is 5.97 Å². The van der Waals surface area contributed by atoms with Crippen LogP contribution in [0.2, 0.25) is 0 Å². The minimum Gasteiger partial charge on any atom is -0.479 e. The van der Waals surface area contributed by atoms with Crippen LogP contribution in [-0.4, -0.2) is 65.8 Å². The van der Waals surface area contributed by atoms with E-state index in [0.29, 0.717) is 19.5 Å². The zero-order valence-corrected chi connectivity index (χ0v) is 11.2. The van der Waals surface area contributed by atoms with E-state index in [4.69, 9.17) is 9.84 Å². The quantitative estimate of drug-likeness (QED) is 0.769. The molecule has 2 saturated heterocycles. The van der Waals surface area contributed by atoms with Gasteiger partial charge < -0.3 is 15.2 Å². The number of ether oxygens (including phenoxy) is 1. The van der Waals surface area contributed by atoms with Crippen LogP contribution < -0.4 is 5.32 Å². The van der Waals surface area contributed by atoms with Crippen molar-refractivity contribution in [1.29, 1.82) is 0 Å². The summed E-state index contributed by atoms with van der Waals surface area (Å²) in [6, 6.07) is -0.952. The molecular formula is C12H20F2N2O3. The zero-order valence-electron chi connectivity index (χ0n) is 11.2. The number of carbonyl (C=O) groups is 1. The second-order valence-electron chi connectivity index (χ2n) is 5.68. The molecule has 0 unspecified atom stereocenters. The molecule has 2 N–H and O–H groups in total. The summed E-state index contributed by atoms with van der Waals surface area (Å²) in [4.78, 5) is 12.6. The molecule has 110 valence electrons. The van der Waals surface area contributed by atoms with Gasteiger partial charge in [-0.15, -0.1) is 0 Å². The lowest BCUT2D eigenvalue weighted by atomic mass is 10.1. The first-order valence-electron chi connectivity index (χ1n) is 6.47. The molecule has 0 amide bonds. The van der Waals surface area contributed by atoms with Crippen molar-refractivity contribution in [3.63, 3.8) is 0 Å². The van der Waals surface area contributed by atoms with Crippen LogP contribution in [0.4, 0.5) is 8.78 Å². The Bertz CT molecular complexity index is 363. The number of halogens is 2. The zero-order chi connectivity index (χ0) is 14.3. The molecule has 5 nitrogen and oxygen atoms in total. The molecular weight excluding hydrogens is 258 g/mol. The molecule has 2 aliphatic heterocycles. The van der Waals surface area contributed by atoms with Gasteiger partial charge in [0.25, 0.3) is 5.92 Å². The molecule has 7 heteroatoms. The van der Waals surface area contributed by atoms with E-state index < -0.39 is 23.5 Å². The maximum atomic E-state index is 13.7. The molecule has 0 aromatic carbocycles. The third kappa shape index (κ3) is 2.88. The lowest BCUT2D eigenvalue weighted by molar-refractivity contribution is -0.162. The summed E-state index contributed by atoms with van der Waals surface area (Å²) in [6.07, 6.45) is 0.697. The molecule has 0 radical (unpaired) electrons. The summed E-state index contributed by atoms with van der Waals surface area (Å²) < 4.78 is 32.7. The molecule has 2 heterocycles. The number of nitrogens with zero attached hydrogens (tertiary/aromatic N) is 1. The third-order valence-corrected chi connectivity index (χ3v) is 3.89. The minimum atomic E-state index is -2.72. The van der Waals surface area contributed by atoms with Gasteiger partial charge in [0, 0.05) is 19.1 Å². The van der Waals surface area contributed by atoms with Crippen molar-refractivity contribution < 1.29 is 23.4 Å². The summed E-state index contributed by atoms with van der Waals surface area (Å²) in [5.41, 5.74) is -1.28. The van der Waals surface area contributed by atoms with Crippen molar-refractivity contribution in [1.82, 2.24) is 10.2 Å². The van der Waals surface area contributed by atoms with E-state index in [-0.39, 0.29) is 19.2 Å². The predicted octanol–water partition coefficient (Wildman–Crippen LogP) is 0.548. The second kappa shape index (κ2) is 4.96. The number of carboxylic acids is 1. The lowest BCUT2D eigenvalue weighted by Gasteiger charge is -2.29. The van der Waals surface area contributed by atoms with Gasteiger partial charge >= 0.3 is 5.97 Å². The normalized spacial score (nSPS) is 30.5. The molecule has 0 saturated carbocycles. The number of likely N-dealkylation sites (tertiary alicyclic amines) is 1. The number of hydrogen-bond acceptors (Lipinski definition) is 4. The number of aliphatic carboxylic acids is 1. The summed E-state index contributed by atoms with van der Waals surface area (Å²) in [7, 11) is 0. The fraction of sp³-hybridized carbons (Fsp3) is 0.917. The van der Waals surface area contributed by atoms with Crippen LogP contribution in [0.25, 0.3) is 0 Å². The number of alkyl halides is 2. The number of nitrogens with one attached hydrogen (secondary N) is 1. The van der Waals surface area contributed by atoms with Gasteiger partial charge in [-0.05, 0) is 20.3 Å². The second-order valence-corrected chi connectivity index (χ2v) is 5.68. The van der Waals surface area contributed by atoms with Crippen LogP contribution in [0, 0.1) is 0 Å². The van der Waals surface area contributed by atoms with Gasteiger partial charge in [0.05, 0.1) is 19.2 Å². The van der Waals surface area contributed by atoms with E-state index in [9.17, 15) is 13.6 Å². The monoisotopic (exact) mass is 278 g/mol. The largest absolute Gasteiger partial charge is 0.479 e. The van der Waals surface area contributed by atoms with Gasteiger partial charge in [-0.2, -0.15) is 0 Å². The lowest BCUT2D eigenvalue weighted by Crippen LogP contribution is -2.47. The molecule has 0 aromatic rings. The molecule has 2 rings (SSSR count). The van der Waals surface area contributed by atoms with Gasteiger partial charge in [0.15, 0.2) is 5.60 Å². The van der Waals surface area contributed by atoms with Gasteiger partial charge in [-0.3, -0.25) is 4.90 Å². The van der Waals surface area contributed by atoms with Gasteiger partial charge in [0.2, 0.25) is 0 Å². The Morgan fingerprint density at radius 3 is 2.89 bits per heavy atom. The summed E-state index contributed by atoms with van der Waals surface area (Å²) in [5, 5.41) is 11.7. The number of rotatable bonds is 5. The highest BCUT2D eigenvalue weighted by atomic mass is 19.3. The first-order chi connectivity index (χ1) is 8.74. The van der Waals surface area contributed by atoms with Crippen molar-refractivity contribution in [3.8, 4) is 0 Å². The minimum absolute atomic E-state index is 0.137.